The second-order valence-electron chi connectivity index (χ2n) is 4.62. The number of rotatable bonds is 2. The van der Waals surface area contributed by atoms with Gasteiger partial charge in [0.2, 0.25) is 0 Å². The van der Waals surface area contributed by atoms with Crippen LogP contribution in [-0.2, 0) is 4.79 Å². The van der Waals surface area contributed by atoms with Gasteiger partial charge in [0.15, 0.2) is 0 Å². The molecule has 0 spiro atoms. The van der Waals surface area contributed by atoms with Gasteiger partial charge < -0.3 is 9.90 Å². The lowest BCUT2D eigenvalue weighted by Crippen LogP contribution is -2.19. The lowest BCUT2D eigenvalue weighted by Gasteiger charge is -2.17. The highest BCUT2D eigenvalue weighted by Gasteiger charge is 2.30. The van der Waals surface area contributed by atoms with Crippen LogP contribution in [0.2, 0.25) is 0 Å². The Hall–Kier alpha value is -1.66. The van der Waals surface area contributed by atoms with Crippen LogP contribution in [0.1, 0.15) is 6.92 Å². The normalized spacial score (nSPS) is 10.3. The number of carbonyl (C=O) groups is 1. The van der Waals surface area contributed by atoms with Crippen molar-refractivity contribution in [1.29, 1.82) is 0 Å². The predicted octanol–water partition coefficient (Wildman–Crippen LogP) is 1.67. The van der Waals surface area contributed by atoms with E-state index in [1.54, 1.807) is 0 Å². The Morgan fingerprint density at radius 3 is 1.37 bits per heavy atom. The van der Waals surface area contributed by atoms with E-state index in [0.717, 1.165) is 6.92 Å². The standard InChI is InChI=1S/C14H16P.C2H4O2/c1-15(2,13-9-5-3-6-10-13)14-11-7-4-8-12-14;1-2(3)4/h3-12H,1-2H3;1H3,(H,3,4)/q+1;/p-1. The maximum Gasteiger partial charge on any atom is 0.0985 e. The third kappa shape index (κ3) is 4.84. The summed E-state index contributed by atoms with van der Waals surface area (Å²) in [6.45, 7) is 5.72. The second kappa shape index (κ2) is 7.06. The molecule has 0 amide bonds. The van der Waals surface area contributed by atoms with Gasteiger partial charge in [-0.2, -0.15) is 0 Å². The van der Waals surface area contributed by atoms with E-state index in [2.05, 4.69) is 74.0 Å². The van der Waals surface area contributed by atoms with Crippen LogP contribution in [0.4, 0.5) is 0 Å². The van der Waals surface area contributed by atoms with Gasteiger partial charge in [0.25, 0.3) is 0 Å². The van der Waals surface area contributed by atoms with Crippen LogP contribution in [0.5, 0.6) is 0 Å². The van der Waals surface area contributed by atoms with Crippen molar-refractivity contribution in [3.63, 3.8) is 0 Å². The Bertz CT molecular complexity index is 461. The first-order valence-corrected chi connectivity index (χ1v) is 8.75. The zero-order valence-corrected chi connectivity index (χ0v) is 12.4. The monoisotopic (exact) mass is 274 g/mol. The molecule has 0 saturated carbocycles. The van der Waals surface area contributed by atoms with Crippen molar-refractivity contribution in [3.05, 3.63) is 60.7 Å². The van der Waals surface area contributed by atoms with Crippen LogP contribution in [0.25, 0.3) is 0 Å². The number of carboxylic acid groups (broad SMARTS) is 1. The van der Waals surface area contributed by atoms with Crippen molar-refractivity contribution in [2.75, 3.05) is 13.3 Å². The molecule has 0 bridgehead atoms. The average molecular weight is 274 g/mol. The van der Waals surface area contributed by atoms with Crippen LogP contribution in [0.15, 0.2) is 60.7 Å². The van der Waals surface area contributed by atoms with Gasteiger partial charge >= 0.3 is 0 Å². The molecule has 2 aromatic rings. The topological polar surface area (TPSA) is 40.1 Å². The molecule has 0 atom stereocenters. The summed E-state index contributed by atoms with van der Waals surface area (Å²) in [5.74, 6) is -1.08. The van der Waals surface area contributed by atoms with E-state index in [4.69, 9.17) is 9.90 Å². The lowest BCUT2D eigenvalue weighted by molar-refractivity contribution is -0.302. The van der Waals surface area contributed by atoms with Gasteiger partial charge in [-0.15, -0.1) is 0 Å². The Labute approximate surface area is 115 Å². The first kappa shape index (κ1) is 15.4. The molecule has 0 radical (unpaired) electrons. The molecule has 0 aliphatic carbocycles. The maximum absolute atomic E-state index is 8.89. The first-order chi connectivity index (χ1) is 8.94. The molecule has 0 unspecified atom stereocenters. The van der Waals surface area contributed by atoms with E-state index in [0.29, 0.717) is 0 Å². The number of hydrogen-bond acceptors (Lipinski definition) is 2. The first-order valence-electron chi connectivity index (χ1n) is 6.07. The number of carbonyl (C=O) groups excluding carboxylic acids is 1. The molecule has 19 heavy (non-hydrogen) atoms. The molecule has 0 heterocycles. The van der Waals surface area contributed by atoms with Crippen LogP contribution >= 0.6 is 7.26 Å². The smallest absolute Gasteiger partial charge is 0.0985 e. The Balaban J connectivity index is 0.000000399. The Morgan fingerprint density at radius 1 is 0.842 bits per heavy atom. The molecule has 2 rings (SSSR count). The van der Waals surface area contributed by atoms with Crippen molar-refractivity contribution in [2.24, 2.45) is 0 Å². The van der Waals surface area contributed by atoms with Crippen LogP contribution < -0.4 is 15.7 Å². The van der Waals surface area contributed by atoms with Crippen molar-refractivity contribution in [1.82, 2.24) is 0 Å². The van der Waals surface area contributed by atoms with E-state index in [9.17, 15) is 0 Å². The minimum atomic E-state index is -1.15. The van der Waals surface area contributed by atoms with Gasteiger partial charge in [-0.3, -0.25) is 0 Å². The fourth-order valence-electron chi connectivity index (χ4n) is 1.75. The van der Waals surface area contributed by atoms with Gasteiger partial charge in [-0.1, -0.05) is 36.4 Å². The molecule has 3 heteroatoms. The minimum Gasteiger partial charge on any atom is -0.550 e. The van der Waals surface area contributed by atoms with E-state index in [-0.39, 0.29) is 0 Å². The van der Waals surface area contributed by atoms with E-state index >= 15 is 0 Å². The van der Waals surface area contributed by atoms with Gasteiger partial charge in [-0.25, -0.2) is 0 Å². The zero-order chi connectivity index (χ0) is 14.3. The summed E-state index contributed by atoms with van der Waals surface area (Å²) in [4.78, 5) is 8.89. The molecular formula is C16H19O2P. The molecule has 0 aliphatic rings. The van der Waals surface area contributed by atoms with E-state index in [1.165, 1.54) is 10.6 Å². The summed E-state index contributed by atoms with van der Waals surface area (Å²) in [5, 5.41) is 11.8. The fraction of sp³-hybridized carbons (Fsp3) is 0.188. The van der Waals surface area contributed by atoms with Crippen molar-refractivity contribution in [2.45, 2.75) is 6.92 Å². The summed E-state index contributed by atoms with van der Waals surface area (Å²) >= 11 is 0. The number of hydrogen-bond donors (Lipinski definition) is 0. The van der Waals surface area contributed by atoms with Gasteiger partial charge in [0.1, 0.15) is 0 Å². The predicted molar refractivity (Wildman–Crippen MR) is 81.6 cm³/mol. The zero-order valence-electron chi connectivity index (χ0n) is 11.5. The highest BCUT2D eigenvalue weighted by atomic mass is 31.2. The molecular weight excluding hydrogens is 255 g/mol. The molecule has 0 aliphatic heterocycles. The Morgan fingerprint density at radius 2 is 1.11 bits per heavy atom. The van der Waals surface area contributed by atoms with Crippen molar-refractivity contribution in [3.8, 4) is 0 Å². The largest absolute Gasteiger partial charge is 0.550 e. The number of benzene rings is 2. The third-order valence-electron chi connectivity index (χ3n) is 2.80. The van der Waals surface area contributed by atoms with Gasteiger partial charge in [0.05, 0.1) is 31.2 Å². The van der Waals surface area contributed by atoms with E-state index < -0.39 is 13.2 Å². The van der Waals surface area contributed by atoms with Crippen LogP contribution in [0, 0.1) is 0 Å². The summed E-state index contributed by atoms with van der Waals surface area (Å²) < 4.78 is 0. The molecule has 2 aromatic carbocycles. The fourth-order valence-corrected chi connectivity index (χ4v) is 3.88. The highest BCUT2D eigenvalue weighted by molar-refractivity contribution is 7.88. The third-order valence-corrected chi connectivity index (χ3v) is 5.98. The van der Waals surface area contributed by atoms with Gasteiger partial charge in [-0.05, 0) is 31.2 Å². The number of aliphatic carboxylic acids is 1. The van der Waals surface area contributed by atoms with Crippen LogP contribution in [0.3, 0.4) is 0 Å². The Kier molecular flexibility index (Phi) is 5.72. The molecule has 0 aromatic heterocycles. The molecule has 0 saturated heterocycles. The molecule has 2 nitrogen and oxygen atoms in total. The second-order valence-corrected chi connectivity index (χ2v) is 8.56. The SMILES string of the molecule is CC(=O)[O-].C[P+](C)(c1ccccc1)c1ccccc1. The minimum absolute atomic E-state index is 0.972. The summed E-state index contributed by atoms with van der Waals surface area (Å²) in [5.41, 5.74) is 0. The highest BCUT2D eigenvalue weighted by Crippen LogP contribution is 2.48. The average Bonchev–Trinajstić information content (AvgIpc) is 2.40. The lowest BCUT2D eigenvalue weighted by atomic mass is 10.4. The molecule has 100 valence electrons. The maximum atomic E-state index is 8.89. The van der Waals surface area contributed by atoms with Crippen LogP contribution in [-0.4, -0.2) is 19.3 Å². The summed E-state index contributed by atoms with van der Waals surface area (Å²) in [6, 6.07) is 21.6. The van der Waals surface area contributed by atoms with E-state index in [1.807, 2.05) is 0 Å². The number of carboxylic acids is 1. The molecule has 0 fully saturated rings. The van der Waals surface area contributed by atoms with Crippen molar-refractivity contribution >= 4 is 23.8 Å². The quantitative estimate of drug-likeness (QED) is 0.782. The summed E-state index contributed by atoms with van der Waals surface area (Å²) in [6.07, 6.45) is 0. The molecule has 0 N–H and O–H groups in total. The summed E-state index contributed by atoms with van der Waals surface area (Å²) in [7, 11) is -1.15. The van der Waals surface area contributed by atoms with Gasteiger partial charge in [0, 0.05) is 5.97 Å². The van der Waals surface area contributed by atoms with Crippen molar-refractivity contribution < 1.29 is 9.90 Å².